The number of allylic oxidation sites excluding steroid dienone is 6. The van der Waals surface area contributed by atoms with Crippen LogP contribution in [0.5, 0.6) is 0 Å². The van der Waals surface area contributed by atoms with Crippen molar-refractivity contribution < 1.29 is 5.11 Å². The van der Waals surface area contributed by atoms with Crippen molar-refractivity contribution in [2.75, 3.05) is 6.61 Å². The number of aliphatic hydroxyl groups excluding tert-OH is 1. The highest BCUT2D eigenvalue weighted by Gasteiger charge is 2.27. The van der Waals surface area contributed by atoms with E-state index in [1.165, 1.54) is 16.7 Å². The quantitative estimate of drug-likeness (QED) is 0.848. The van der Waals surface area contributed by atoms with E-state index in [1.807, 2.05) is 0 Å². The van der Waals surface area contributed by atoms with Crippen molar-refractivity contribution in [1.29, 1.82) is 0 Å². The van der Waals surface area contributed by atoms with Crippen LogP contribution in [0.15, 0.2) is 54.6 Å². The SMILES string of the molecule is OCCCC1=CC(C2C=CC=C2)c2ccccc21. The van der Waals surface area contributed by atoms with E-state index >= 15 is 0 Å². The minimum atomic E-state index is 0.271. The Hall–Kier alpha value is -1.60. The number of rotatable bonds is 4. The fourth-order valence-electron chi connectivity index (χ4n) is 2.97. The Kier molecular flexibility index (Phi) is 3.16. The average molecular weight is 238 g/mol. The molecule has 1 aromatic rings. The predicted molar refractivity (Wildman–Crippen MR) is 75.2 cm³/mol. The van der Waals surface area contributed by atoms with E-state index in [-0.39, 0.29) is 6.61 Å². The Morgan fingerprint density at radius 2 is 1.83 bits per heavy atom. The van der Waals surface area contributed by atoms with Crippen LogP contribution in [-0.4, -0.2) is 11.7 Å². The van der Waals surface area contributed by atoms with Crippen molar-refractivity contribution in [3.63, 3.8) is 0 Å². The second-order valence-corrected chi connectivity index (χ2v) is 4.98. The second-order valence-electron chi connectivity index (χ2n) is 4.98. The van der Waals surface area contributed by atoms with E-state index in [1.54, 1.807) is 0 Å². The predicted octanol–water partition coefficient (Wildman–Crippen LogP) is 3.68. The van der Waals surface area contributed by atoms with Crippen molar-refractivity contribution in [1.82, 2.24) is 0 Å². The van der Waals surface area contributed by atoms with Gasteiger partial charge in [0.1, 0.15) is 0 Å². The van der Waals surface area contributed by atoms with Gasteiger partial charge in [-0.05, 0) is 29.5 Å². The van der Waals surface area contributed by atoms with E-state index in [2.05, 4.69) is 54.6 Å². The summed E-state index contributed by atoms with van der Waals surface area (Å²) >= 11 is 0. The maximum atomic E-state index is 9.00. The van der Waals surface area contributed by atoms with E-state index in [0.717, 1.165) is 12.8 Å². The molecule has 3 rings (SSSR count). The van der Waals surface area contributed by atoms with Crippen LogP contribution in [0, 0.1) is 5.92 Å². The molecule has 92 valence electrons. The minimum Gasteiger partial charge on any atom is -0.396 e. The van der Waals surface area contributed by atoms with E-state index in [9.17, 15) is 0 Å². The van der Waals surface area contributed by atoms with Gasteiger partial charge in [-0.2, -0.15) is 0 Å². The zero-order valence-electron chi connectivity index (χ0n) is 10.4. The van der Waals surface area contributed by atoms with Crippen LogP contribution in [0.1, 0.15) is 29.9 Å². The summed E-state index contributed by atoms with van der Waals surface area (Å²) in [6, 6.07) is 8.68. The number of aliphatic hydroxyl groups is 1. The Labute approximate surface area is 108 Å². The second kappa shape index (κ2) is 4.95. The van der Waals surface area contributed by atoms with Crippen LogP contribution in [0.2, 0.25) is 0 Å². The summed E-state index contributed by atoms with van der Waals surface area (Å²) in [7, 11) is 0. The number of hydrogen-bond acceptors (Lipinski definition) is 1. The van der Waals surface area contributed by atoms with Crippen LogP contribution >= 0.6 is 0 Å². The first kappa shape index (κ1) is 11.5. The molecule has 1 N–H and O–H groups in total. The molecule has 2 aliphatic rings. The summed E-state index contributed by atoms with van der Waals surface area (Å²) in [4.78, 5) is 0. The largest absolute Gasteiger partial charge is 0.396 e. The minimum absolute atomic E-state index is 0.271. The van der Waals surface area contributed by atoms with Crippen molar-refractivity contribution >= 4 is 5.57 Å². The van der Waals surface area contributed by atoms with Crippen LogP contribution in [0.25, 0.3) is 5.57 Å². The summed E-state index contributed by atoms with van der Waals surface area (Å²) in [5, 5.41) is 9.00. The normalized spacial score (nSPS) is 21.4. The Bertz CT molecular complexity index is 510. The Balaban J connectivity index is 1.93. The zero-order valence-corrected chi connectivity index (χ0v) is 10.4. The third-order valence-electron chi connectivity index (χ3n) is 3.84. The lowest BCUT2D eigenvalue weighted by Crippen LogP contribution is -2.02. The van der Waals surface area contributed by atoms with Crippen molar-refractivity contribution in [3.8, 4) is 0 Å². The highest BCUT2D eigenvalue weighted by atomic mass is 16.2. The van der Waals surface area contributed by atoms with Crippen LogP contribution < -0.4 is 0 Å². The van der Waals surface area contributed by atoms with Gasteiger partial charge in [0.15, 0.2) is 0 Å². The lowest BCUT2D eigenvalue weighted by Gasteiger charge is -2.14. The summed E-state index contributed by atoms with van der Waals surface area (Å²) in [6.45, 7) is 0.271. The zero-order chi connectivity index (χ0) is 12.4. The van der Waals surface area contributed by atoms with Crippen LogP contribution in [0.3, 0.4) is 0 Å². The molecule has 0 heterocycles. The van der Waals surface area contributed by atoms with Gasteiger partial charge >= 0.3 is 0 Å². The average Bonchev–Trinajstić information content (AvgIpc) is 3.04. The summed E-state index contributed by atoms with van der Waals surface area (Å²) in [5.41, 5.74) is 4.22. The molecule has 0 radical (unpaired) electrons. The van der Waals surface area contributed by atoms with Crippen LogP contribution in [0.4, 0.5) is 0 Å². The molecular weight excluding hydrogens is 220 g/mol. The Morgan fingerprint density at radius 3 is 2.61 bits per heavy atom. The summed E-state index contributed by atoms with van der Waals surface area (Å²) in [5.74, 6) is 0.975. The molecule has 0 aliphatic heterocycles. The van der Waals surface area contributed by atoms with Gasteiger partial charge in [-0.1, -0.05) is 54.6 Å². The molecule has 0 spiro atoms. The summed E-state index contributed by atoms with van der Waals surface area (Å²) in [6.07, 6.45) is 13.0. The maximum absolute atomic E-state index is 9.00. The Morgan fingerprint density at radius 1 is 1.06 bits per heavy atom. The highest BCUT2D eigenvalue weighted by molar-refractivity contribution is 5.75. The van der Waals surface area contributed by atoms with Gasteiger partial charge in [-0.3, -0.25) is 0 Å². The van der Waals surface area contributed by atoms with Crippen molar-refractivity contribution in [3.05, 3.63) is 65.8 Å². The van der Waals surface area contributed by atoms with Crippen molar-refractivity contribution in [2.24, 2.45) is 5.92 Å². The third-order valence-corrected chi connectivity index (χ3v) is 3.84. The van der Waals surface area contributed by atoms with Crippen molar-refractivity contribution in [2.45, 2.75) is 18.8 Å². The van der Waals surface area contributed by atoms with Gasteiger partial charge < -0.3 is 5.11 Å². The van der Waals surface area contributed by atoms with E-state index < -0.39 is 0 Å². The third kappa shape index (κ3) is 1.95. The molecule has 0 saturated carbocycles. The number of benzene rings is 1. The molecule has 0 aromatic heterocycles. The molecule has 2 aliphatic carbocycles. The molecule has 0 bridgehead atoms. The molecule has 1 heteroatoms. The molecule has 1 nitrogen and oxygen atoms in total. The first-order valence-corrected chi connectivity index (χ1v) is 6.66. The molecule has 1 unspecified atom stereocenters. The monoisotopic (exact) mass is 238 g/mol. The number of fused-ring (bicyclic) bond motifs is 1. The first-order chi connectivity index (χ1) is 8.90. The molecule has 0 fully saturated rings. The molecule has 1 aromatic carbocycles. The van der Waals surface area contributed by atoms with Gasteiger partial charge in [0, 0.05) is 18.4 Å². The standard InChI is InChI=1S/C17H18O/c18-11-5-8-14-12-17(13-6-1-2-7-13)16-10-4-3-9-15(14)16/h1-4,6-7,9-10,12-13,17-18H,5,8,11H2. The van der Waals surface area contributed by atoms with Gasteiger partial charge in [0.25, 0.3) is 0 Å². The fraction of sp³-hybridized carbons (Fsp3) is 0.294. The molecule has 18 heavy (non-hydrogen) atoms. The van der Waals surface area contributed by atoms with Gasteiger partial charge in [0.05, 0.1) is 0 Å². The summed E-state index contributed by atoms with van der Waals surface area (Å²) < 4.78 is 0. The lowest BCUT2D eigenvalue weighted by atomic mass is 9.89. The highest BCUT2D eigenvalue weighted by Crippen LogP contribution is 2.43. The molecular formula is C17H18O. The topological polar surface area (TPSA) is 20.2 Å². The fourth-order valence-corrected chi connectivity index (χ4v) is 2.97. The van der Waals surface area contributed by atoms with E-state index in [4.69, 9.17) is 5.11 Å². The lowest BCUT2D eigenvalue weighted by molar-refractivity contribution is 0.290. The van der Waals surface area contributed by atoms with Gasteiger partial charge in [0.2, 0.25) is 0 Å². The first-order valence-electron chi connectivity index (χ1n) is 6.66. The smallest absolute Gasteiger partial charge is 0.0434 e. The molecule has 0 saturated heterocycles. The molecule has 0 amide bonds. The molecule has 1 atom stereocenters. The van der Waals surface area contributed by atoms with Gasteiger partial charge in [-0.25, -0.2) is 0 Å². The van der Waals surface area contributed by atoms with E-state index in [0.29, 0.717) is 11.8 Å². The van der Waals surface area contributed by atoms with Gasteiger partial charge in [-0.15, -0.1) is 0 Å². The number of hydrogen-bond donors (Lipinski definition) is 1. The van der Waals surface area contributed by atoms with Crippen LogP contribution in [-0.2, 0) is 0 Å². The maximum Gasteiger partial charge on any atom is 0.0434 e.